The molecule has 0 atom stereocenters. The summed E-state index contributed by atoms with van der Waals surface area (Å²) in [6, 6.07) is 19.4. The van der Waals surface area contributed by atoms with E-state index in [4.69, 9.17) is 27.9 Å². The number of nitrogens with zero attached hydrogens (tertiary/aromatic N) is 1. The van der Waals surface area contributed by atoms with Gasteiger partial charge in [0.1, 0.15) is 5.75 Å². The molecule has 162 valence electrons. The Hall–Kier alpha value is -3.68. The van der Waals surface area contributed by atoms with Gasteiger partial charge in [-0.25, -0.2) is 10.2 Å². The summed E-state index contributed by atoms with van der Waals surface area (Å²) in [5.41, 5.74) is 3.63. The minimum absolute atomic E-state index is 0.263. The molecule has 0 unspecified atom stereocenters. The van der Waals surface area contributed by atoms with E-state index in [1.165, 1.54) is 6.21 Å². The fourth-order valence-electron chi connectivity index (χ4n) is 2.49. The van der Waals surface area contributed by atoms with Gasteiger partial charge in [-0.05, 0) is 66.2 Å². The summed E-state index contributed by atoms with van der Waals surface area (Å²) < 4.78 is 5.29. The molecule has 2 N–H and O–H groups in total. The highest BCUT2D eigenvalue weighted by atomic mass is 35.5. The average molecular weight is 470 g/mol. The molecule has 0 fully saturated rings. The number of ether oxygens (including phenoxy) is 1. The Kier molecular flexibility index (Phi) is 7.96. The topological polar surface area (TPSA) is 96.9 Å². The van der Waals surface area contributed by atoms with Gasteiger partial charge in [-0.15, -0.1) is 0 Å². The van der Waals surface area contributed by atoms with Gasteiger partial charge in [-0.1, -0.05) is 35.3 Å². The Balaban J connectivity index is 1.45. The van der Waals surface area contributed by atoms with E-state index in [1.54, 1.807) is 72.8 Å². The zero-order valence-electron chi connectivity index (χ0n) is 16.5. The van der Waals surface area contributed by atoms with Crippen molar-refractivity contribution in [2.75, 3.05) is 6.54 Å². The first kappa shape index (κ1) is 23.0. The highest BCUT2D eigenvalue weighted by molar-refractivity contribution is 6.33. The number of hydrogen-bond donors (Lipinski definition) is 2. The summed E-state index contributed by atoms with van der Waals surface area (Å²) in [6.45, 7) is -0.263. The maximum atomic E-state index is 12.1. The Labute approximate surface area is 194 Å². The van der Waals surface area contributed by atoms with E-state index < -0.39 is 17.8 Å². The monoisotopic (exact) mass is 469 g/mol. The van der Waals surface area contributed by atoms with E-state index in [9.17, 15) is 14.4 Å². The zero-order valence-corrected chi connectivity index (χ0v) is 18.1. The van der Waals surface area contributed by atoms with Crippen molar-refractivity contribution in [3.8, 4) is 5.75 Å². The van der Waals surface area contributed by atoms with Gasteiger partial charge < -0.3 is 10.1 Å². The largest absolute Gasteiger partial charge is 0.423 e. The van der Waals surface area contributed by atoms with Crippen molar-refractivity contribution < 1.29 is 19.1 Å². The lowest BCUT2D eigenvalue weighted by atomic mass is 10.2. The Morgan fingerprint density at radius 3 is 2.28 bits per heavy atom. The van der Waals surface area contributed by atoms with Crippen molar-refractivity contribution in [2.45, 2.75) is 0 Å². The van der Waals surface area contributed by atoms with Crippen LogP contribution >= 0.6 is 23.2 Å². The lowest BCUT2D eigenvalue weighted by molar-refractivity contribution is -0.120. The number of hydrogen-bond acceptors (Lipinski definition) is 5. The molecule has 0 saturated carbocycles. The smallest absolute Gasteiger partial charge is 0.343 e. The predicted molar refractivity (Wildman–Crippen MR) is 122 cm³/mol. The number of halogens is 2. The number of nitrogens with one attached hydrogen (secondary N) is 2. The van der Waals surface area contributed by atoms with Crippen molar-refractivity contribution in [2.24, 2.45) is 5.10 Å². The average Bonchev–Trinajstić information content (AvgIpc) is 2.79. The van der Waals surface area contributed by atoms with Gasteiger partial charge in [0.2, 0.25) is 0 Å². The Morgan fingerprint density at radius 1 is 0.906 bits per heavy atom. The van der Waals surface area contributed by atoms with Gasteiger partial charge in [0.25, 0.3) is 11.8 Å². The molecule has 0 bridgehead atoms. The first-order valence-corrected chi connectivity index (χ1v) is 10.1. The quantitative estimate of drug-likeness (QED) is 0.235. The molecular weight excluding hydrogens is 453 g/mol. The first-order valence-electron chi connectivity index (χ1n) is 9.35. The van der Waals surface area contributed by atoms with Crippen LogP contribution in [-0.2, 0) is 4.79 Å². The molecule has 3 aromatic rings. The van der Waals surface area contributed by atoms with E-state index >= 15 is 0 Å². The van der Waals surface area contributed by atoms with Crippen LogP contribution in [0.4, 0.5) is 0 Å². The number of amides is 2. The molecule has 0 radical (unpaired) electrons. The van der Waals surface area contributed by atoms with Gasteiger partial charge in [0.05, 0.1) is 28.9 Å². The minimum atomic E-state index is -0.505. The lowest BCUT2D eigenvalue weighted by Crippen LogP contribution is -2.35. The summed E-state index contributed by atoms with van der Waals surface area (Å²) in [5, 5.41) is 7.12. The molecule has 3 aromatic carbocycles. The van der Waals surface area contributed by atoms with Crippen LogP contribution in [0.1, 0.15) is 26.3 Å². The minimum Gasteiger partial charge on any atom is -0.423 e. The maximum absolute atomic E-state index is 12.1. The maximum Gasteiger partial charge on any atom is 0.343 e. The number of carbonyl (C=O) groups excluding carboxylic acids is 3. The van der Waals surface area contributed by atoms with E-state index in [0.29, 0.717) is 26.9 Å². The first-order chi connectivity index (χ1) is 15.4. The van der Waals surface area contributed by atoms with E-state index in [2.05, 4.69) is 15.8 Å². The van der Waals surface area contributed by atoms with E-state index in [0.717, 1.165) is 0 Å². The number of carbonyl (C=O) groups is 3. The standard InChI is InChI=1S/C23H17Cl2N3O4/c24-17-9-7-16(8-10-17)23(31)32-18-11-5-15(6-12-18)13-27-28-21(29)14-26-22(30)19-3-1-2-4-20(19)25/h1-13H,14H2,(H,26,30)(H,28,29)/b27-13-. The number of rotatable bonds is 7. The van der Waals surface area contributed by atoms with Crippen LogP contribution in [-0.4, -0.2) is 30.5 Å². The fourth-order valence-corrected chi connectivity index (χ4v) is 2.84. The molecule has 0 spiro atoms. The number of benzene rings is 3. The Morgan fingerprint density at radius 2 is 1.59 bits per heavy atom. The van der Waals surface area contributed by atoms with Crippen molar-refractivity contribution in [1.29, 1.82) is 0 Å². The normalized spacial score (nSPS) is 10.6. The van der Waals surface area contributed by atoms with Crippen LogP contribution in [0.3, 0.4) is 0 Å². The van der Waals surface area contributed by atoms with Gasteiger partial charge in [0.15, 0.2) is 0 Å². The molecule has 7 nitrogen and oxygen atoms in total. The van der Waals surface area contributed by atoms with Crippen LogP contribution < -0.4 is 15.5 Å². The van der Waals surface area contributed by atoms with Crippen molar-refractivity contribution >= 4 is 47.2 Å². The molecule has 0 aliphatic rings. The summed E-state index contributed by atoms with van der Waals surface area (Å²) in [4.78, 5) is 36.0. The molecular formula is C23H17Cl2N3O4. The number of hydrazone groups is 1. The van der Waals surface area contributed by atoms with Crippen LogP contribution in [0.25, 0.3) is 0 Å². The molecule has 0 saturated heterocycles. The number of esters is 1. The summed E-state index contributed by atoms with van der Waals surface area (Å²) in [7, 11) is 0. The third-order valence-electron chi connectivity index (χ3n) is 4.10. The second-order valence-corrected chi connectivity index (χ2v) is 7.26. The molecule has 0 aromatic heterocycles. The molecule has 32 heavy (non-hydrogen) atoms. The predicted octanol–water partition coefficient (Wildman–Crippen LogP) is 4.09. The van der Waals surface area contributed by atoms with Gasteiger partial charge in [0, 0.05) is 5.02 Å². The lowest BCUT2D eigenvalue weighted by Gasteiger charge is -2.06. The van der Waals surface area contributed by atoms with E-state index in [1.807, 2.05) is 0 Å². The van der Waals surface area contributed by atoms with Gasteiger partial charge in [-0.2, -0.15) is 5.10 Å². The van der Waals surface area contributed by atoms with Crippen LogP contribution in [0, 0.1) is 0 Å². The third-order valence-corrected chi connectivity index (χ3v) is 4.68. The summed E-state index contributed by atoms with van der Waals surface area (Å²) >= 11 is 11.7. The fraction of sp³-hybridized carbons (Fsp3) is 0.0435. The summed E-state index contributed by atoms with van der Waals surface area (Å²) in [5.74, 6) is -1.11. The second kappa shape index (κ2) is 11.1. The van der Waals surface area contributed by atoms with Crippen molar-refractivity contribution in [1.82, 2.24) is 10.7 Å². The SMILES string of the molecule is O=C(CNC(=O)c1ccccc1Cl)N/N=C\c1ccc(OC(=O)c2ccc(Cl)cc2)cc1. The summed E-state index contributed by atoms with van der Waals surface area (Å²) in [6.07, 6.45) is 1.42. The molecule has 3 rings (SSSR count). The van der Waals surface area contributed by atoms with Gasteiger partial charge >= 0.3 is 5.97 Å². The molecule has 0 aliphatic heterocycles. The molecule has 0 heterocycles. The molecule has 9 heteroatoms. The van der Waals surface area contributed by atoms with Crippen LogP contribution in [0.15, 0.2) is 77.9 Å². The molecule has 0 aliphatic carbocycles. The van der Waals surface area contributed by atoms with Crippen LogP contribution in [0.5, 0.6) is 5.75 Å². The van der Waals surface area contributed by atoms with Crippen LogP contribution in [0.2, 0.25) is 10.0 Å². The van der Waals surface area contributed by atoms with Crippen molar-refractivity contribution in [3.05, 3.63) is 99.5 Å². The third kappa shape index (κ3) is 6.66. The Bertz CT molecular complexity index is 1150. The zero-order chi connectivity index (χ0) is 22.9. The highest BCUT2D eigenvalue weighted by Gasteiger charge is 2.11. The second-order valence-electron chi connectivity index (χ2n) is 6.42. The highest BCUT2D eigenvalue weighted by Crippen LogP contribution is 2.16. The molecule has 2 amide bonds. The van der Waals surface area contributed by atoms with E-state index in [-0.39, 0.29) is 12.1 Å². The van der Waals surface area contributed by atoms with Gasteiger partial charge in [-0.3, -0.25) is 9.59 Å². The van der Waals surface area contributed by atoms with Crippen molar-refractivity contribution in [3.63, 3.8) is 0 Å².